The van der Waals surface area contributed by atoms with Crippen LogP contribution in [0.3, 0.4) is 0 Å². The van der Waals surface area contributed by atoms with Crippen molar-refractivity contribution in [2.24, 2.45) is 11.7 Å². The summed E-state index contributed by atoms with van der Waals surface area (Å²) in [6.07, 6.45) is 0.587. The Bertz CT molecular complexity index is 782. The van der Waals surface area contributed by atoms with Crippen LogP contribution in [0, 0.1) is 12.8 Å². The lowest BCUT2D eigenvalue weighted by Gasteiger charge is -2.11. The molecule has 1 heterocycles. The molecule has 1 aromatic carbocycles. The highest BCUT2D eigenvalue weighted by molar-refractivity contribution is 5.82. The molecule has 2 aromatic rings. The molecule has 0 aliphatic carbocycles. The van der Waals surface area contributed by atoms with Crippen LogP contribution >= 0.6 is 0 Å². The van der Waals surface area contributed by atoms with Gasteiger partial charge >= 0.3 is 5.63 Å². The lowest BCUT2D eigenvalue weighted by atomic mass is 10.0. The minimum absolute atomic E-state index is 0.0936. The van der Waals surface area contributed by atoms with E-state index >= 15 is 0 Å². The maximum Gasteiger partial charge on any atom is 0.339 e. The molecule has 6 nitrogen and oxygen atoms in total. The summed E-state index contributed by atoms with van der Waals surface area (Å²) >= 11 is 0. The molecule has 1 unspecified atom stereocenters. The minimum atomic E-state index is -0.406. The Morgan fingerprint density at radius 1 is 1.42 bits per heavy atom. The molecule has 1 aromatic heterocycles. The van der Waals surface area contributed by atoms with Gasteiger partial charge in [0.15, 0.2) is 0 Å². The number of amides is 1. The molecule has 1 amide bonds. The summed E-state index contributed by atoms with van der Waals surface area (Å²) in [6, 6.07) is 5.37. The SMILES string of the molecule is COc1ccc2c(C)c(CCC(=O)NCC(C)CN)c(=O)oc2c1. The second kappa shape index (κ2) is 7.97. The van der Waals surface area contributed by atoms with Gasteiger partial charge in [0.2, 0.25) is 5.91 Å². The molecular formula is C18H24N2O4. The zero-order chi connectivity index (χ0) is 17.7. The van der Waals surface area contributed by atoms with Crippen LogP contribution in [-0.2, 0) is 11.2 Å². The second-order valence-corrected chi connectivity index (χ2v) is 6.00. The van der Waals surface area contributed by atoms with Gasteiger partial charge in [-0.1, -0.05) is 6.92 Å². The number of aryl methyl sites for hydroxylation is 1. The van der Waals surface area contributed by atoms with Crippen LogP contribution in [0.1, 0.15) is 24.5 Å². The average molecular weight is 332 g/mol. The van der Waals surface area contributed by atoms with Crippen molar-refractivity contribution in [3.63, 3.8) is 0 Å². The van der Waals surface area contributed by atoms with E-state index in [4.69, 9.17) is 14.9 Å². The van der Waals surface area contributed by atoms with Gasteiger partial charge in [0.1, 0.15) is 11.3 Å². The Hall–Kier alpha value is -2.34. The van der Waals surface area contributed by atoms with Crippen molar-refractivity contribution >= 4 is 16.9 Å². The van der Waals surface area contributed by atoms with Crippen molar-refractivity contribution in [2.45, 2.75) is 26.7 Å². The molecule has 1 atom stereocenters. The topological polar surface area (TPSA) is 94.6 Å². The number of ether oxygens (including phenoxy) is 1. The Morgan fingerprint density at radius 2 is 2.17 bits per heavy atom. The lowest BCUT2D eigenvalue weighted by Crippen LogP contribution is -2.31. The van der Waals surface area contributed by atoms with Gasteiger partial charge in [-0.2, -0.15) is 0 Å². The van der Waals surface area contributed by atoms with Crippen molar-refractivity contribution in [1.29, 1.82) is 0 Å². The number of methoxy groups -OCH3 is 1. The molecule has 0 saturated heterocycles. The van der Waals surface area contributed by atoms with Crippen LogP contribution in [0.5, 0.6) is 5.75 Å². The van der Waals surface area contributed by atoms with Gasteiger partial charge in [0, 0.05) is 30.0 Å². The fraction of sp³-hybridized carbons (Fsp3) is 0.444. The first-order valence-corrected chi connectivity index (χ1v) is 8.03. The molecule has 0 radical (unpaired) electrons. The van der Waals surface area contributed by atoms with Crippen LogP contribution < -0.4 is 21.4 Å². The van der Waals surface area contributed by atoms with Crippen molar-refractivity contribution in [2.75, 3.05) is 20.2 Å². The first kappa shape index (κ1) is 18.0. The maximum absolute atomic E-state index is 12.2. The highest BCUT2D eigenvalue weighted by Crippen LogP contribution is 2.24. The highest BCUT2D eigenvalue weighted by atomic mass is 16.5. The fourth-order valence-electron chi connectivity index (χ4n) is 2.49. The number of fused-ring (bicyclic) bond motifs is 1. The lowest BCUT2D eigenvalue weighted by molar-refractivity contribution is -0.121. The molecule has 0 fully saturated rings. The summed E-state index contributed by atoms with van der Waals surface area (Å²) in [5, 5.41) is 3.68. The number of nitrogens with two attached hydrogens (primary N) is 1. The van der Waals surface area contributed by atoms with Crippen molar-refractivity contribution in [3.05, 3.63) is 39.7 Å². The van der Waals surface area contributed by atoms with E-state index in [-0.39, 0.29) is 18.2 Å². The molecule has 130 valence electrons. The van der Waals surface area contributed by atoms with E-state index in [1.165, 1.54) is 0 Å². The molecular weight excluding hydrogens is 308 g/mol. The molecule has 3 N–H and O–H groups in total. The van der Waals surface area contributed by atoms with Gasteiger partial charge in [0.25, 0.3) is 0 Å². The molecule has 0 bridgehead atoms. The van der Waals surface area contributed by atoms with Crippen molar-refractivity contribution in [3.8, 4) is 5.75 Å². The average Bonchev–Trinajstić information content (AvgIpc) is 2.58. The summed E-state index contributed by atoms with van der Waals surface area (Å²) < 4.78 is 10.5. The van der Waals surface area contributed by atoms with Crippen LogP contribution in [0.25, 0.3) is 11.0 Å². The summed E-state index contributed by atoms with van der Waals surface area (Å²) in [5.41, 5.74) is 6.98. The van der Waals surface area contributed by atoms with Gasteiger partial charge in [-0.05, 0) is 43.5 Å². The zero-order valence-electron chi connectivity index (χ0n) is 14.3. The Balaban J connectivity index is 2.15. The zero-order valence-corrected chi connectivity index (χ0v) is 14.3. The number of carbonyl (C=O) groups excluding carboxylic acids is 1. The molecule has 0 spiro atoms. The normalized spacial score (nSPS) is 12.2. The minimum Gasteiger partial charge on any atom is -0.497 e. The quantitative estimate of drug-likeness (QED) is 0.753. The molecule has 0 aliphatic heterocycles. The van der Waals surface area contributed by atoms with E-state index in [0.717, 1.165) is 10.9 Å². The Morgan fingerprint density at radius 3 is 2.83 bits per heavy atom. The van der Waals surface area contributed by atoms with Gasteiger partial charge in [-0.25, -0.2) is 4.79 Å². The summed E-state index contributed by atoms with van der Waals surface area (Å²) in [6.45, 7) is 4.91. The third kappa shape index (κ3) is 4.14. The first-order valence-electron chi connectivity index (χ1n) is 8.03. The number of hydrogen-bond donors (Lipinski definition) is 2. The summed E-state index contributed by atoms with van der Waals surface area (Å²) in [5.74, 6) is 0.770. The van der Waals surface area contributed by atoms with E-state index in [9.17, 15) is 9.59 Å². The number of benzene rings is 1. The van der Waals surface area contributed by atoms with E-state index in [1.54, 1.807) is 13.2 Å². The van der Waals surface area contributed by atoms with Crippen molar-refractivity contribution in [1.82, 2.24) is 5.32 Å². The number of nitrogens with one attached hydrogen (secondary N) is 1. The Kier molecular flexibility index (Phi) is 5.98. The van der Waals surface area contributed by atoms with Crippen molar-refractivity contribution < 1.29 is 13.9 Å². The van der Waals surface area contributed by atoms with E-state index < -0.39 is 5.63 Å². The van der Waals surface area contributed by atoms with Gasteiger partial charge < -0.3 is 20.2 Å². The van der Waals surface area contributed by atoms with Crippen LogP contribution in [0.2, 0.25) is 0 Å². The smallest absolute Gasteiger partial charge is 0.339 e. The highest BCUT2D eigenvalue weighted by Gasteiger charge is 2.14. The van der Waals surface area contributed by atoms with Crippen LogP contribution in [0.4, 0.5) is 0 Å². The third-order valence-electron chi connectivity index (χ3n) is 4.15. The van der Waals surface area contributed by atoms with Gasteiger partial charge in [-0.3, -0.25) is 4.79 Å². The van der Waals surface area contributed by atoms with E-state index in [0.29, 0.717) is 36.4 Å². The summed E-state index contributed by atoms with van der Waals surface area (Å²) in [4.78, 5) is 24.1. The van der Waals surface area contributed by atoms with E-state index in [2.05, 4.69) is 5.32 Å². The third-order valence-corrected chi connectivity index (χ3v) is 4.15. The van der Waals surface area contributed by atoms with Gasteiger partial charge in [-0.15, -0.1) is 0 Å². The first-order chi connectivity index (χ1) is 11.5. The molecule has 6 heteroatoms. The molecule has 0 aliphatic rings. The predicted octanol–water partition coefficient (Wildman–Crippen LogP) is 1.75. The van der Waals surface area contributed by atoms with Crippen LogP contribution in [-0.4, -0.2) is 26.1 Å². The maximum atomic E-state index is 12.2. The van der Waals surface area contributed by atoms with E-state index in [1.807, 2.05) is 26.0 Å². The number of hydrogen-bond acceptors (Lipinski definition) is 5. The number of carbonyl (C=O) groups is 1. The molecule has 2 rings (SSSR count). The standard InChI is InChI=1S/C18H24N2O4/c1-11(9-19)10-20-17(21)7-6-15-12(2)14-5-4-13(23-3)8-16(14)24-18(15)22/h4-5,8,11H,6-7,9-10,19H2,1-3H3,(H,20,21). The fourth-order valence-corrected chi connectivity index (χ4v) is 2.49. The number of rotatable bonds is 7. The Labute approximate surface area is 141 Å². The predicted molar refractivity (Wildman–Crippen MR) is 93.3 cm³/mol. The van der Waals surface area contributed by atoms with Crippen LogP contribution in [0.15, 0.2) is 27.4 Å². The van der Waals surface area contributed by atoms with Gasteiger partial charge in [0.05, 0.1) is 7.11 Å². The monoisotopic (exact) mass is 332 g/mol. The molecule has 0 saturated carbocycles. The summed E-state index contributed by atoms with van der Waals surface area (Å²) in [7, 11) is 1.56. The largest absolute Gasteiger partial charge is 0.497 e. The molecule has 24 heavy (non-hydrogen) atoms. The second-order valence-electron chi connectivity index (χ2n) is 6.00.